The molecule has 0 aliphatic rings. The van der Waals surface area contributed by atoms with Crippen molar-refractivity contribution >= 4 is 0 Å². The summed E-state index contributed by atoms with van der Waals surface area (Å²) < 4.78 is 533. The van der Waals surface area contributed by atoms with Gasteiger partial charge >= 0.3 is 83.4 Å². The van der Waals surface area contributed by atoms with Gasteiger partial charge in [-0.2, -0.15) is 149 Å². The van der Waals surface area contributed by atoms with Crippen LogP contribution in [0.5, 0.6) is 11.5 Å². The van der Waals surface area contributed by atoms with Crippen molar-refractivity contribution in [3.8, 4) is 11.5 Å². The standard InChI is InChI=1S/C32H10F38O2/c33-9-7(23(49,50)51)10(34)14(38)17(13(9)37)71-5-3-21(45,46)27(59,60)31(67,68)29(63,64)25(55,56)19(41,42)1-2-20(43,44)26(57,58)30(65,66)32(69,70)28(61,62)22(47,48)4-6-72-18-15(39)11(35)8(24(52,53)54)12(36)16(18)40/h1-2H,3-6H2/b2-1+. The van der Waals surface area contributed by atoms with E-state index in [2.05, 4.69) is 9.47 Å². The van der Waals surface area contributed by atoms with Gasteiger partial charge in [0.2, 0.25) is 23.3 Å². The molecule has 2 nitrogen and oxygen atoms in total. The number of hydrogen-bond acceptors (Lipinski definition) is 2. The van der Waals surface area contributed by atoms with Gasteiger partial charge in [0.1, 0.15) is 11.1 Å². The smallest absolute Gasteiger partial charge is 0.422 e. The van der Waals surface area contributed by atoms with E-state index in [4.69, 9.17) is 0 Å². The van der Waals surface area contributed by atoms with E-state index in [1.807, 2.05) is 0 Å². The molecular formula is C32H10F38O2. The minimum Gasteiger partial charge on any atom is -0.487 e. The zero-order valence-electron chi connectivity index (χ0n) is 32.2. The fourth-order valence-corrected chi connectivity index (χ4v) is 4.94. The number of rotatable bonds is 20. The Morgan fingerprint density at radius 1 is 0.264 bits per heavy atom. The van der Waals surface area contributed by atoms with Crippen molar-refractivity contribution in [1.82, 2.24) is 0 Å². The molecule has 0 atom stereocenters. The molecule has 2 rings (SSSR count). The zero-order chi connectivity index (χ0) is 57.6. The van der Waals surface area contributed by atoms with Gasteiger partial charge in [0.05, 0.1) is 26.1 Å². The lowest BCUT2D eigenvalue weighted by molar-refractivity contribution is -0.422. The fourth-order valence-electron chi connectivity index (χ4n) is 4.94. The van der Waals surface area contributed by atoms with E-state index < -0.39 is 191 Å². The maximum absolute atomic E-state index is 14.2. The molecule has 2 aromatic carbocycles. The molecule has 0 amide bonds. The maximum Gasteiger partial charge on any atom is 0.422 e. The molecule has 0 unspecified atom stereocenters. The Bertz CT molecular complexity index is 2130. The summed E-state index contributed by atoms with van der Waals surface area (Å²) in [6.07, 6.45) is -26.5. The van der Waals surface area contributed by atoms with Gasteiger partial charge in [0, 0.05) is 0 Å². The van der Waals surface area contributed by atoms with Gasteiger partial charge in [-0.3, -0.25) is 0 Å². The van der Waals surface area contributed by atoms with E-state index in [1.165, 1.54) is 0 Å². The quantitative estimate of drug-likeness (QED) is 0.0747. The van der Waals surface area contributed by atoms with Crippen molar-refractivity contribution in [1.29, 1.82) is 0 Å². The van der Waals surface area contributed by atoms with Gasteiger partial charge < -0.3 is 9.47 Å². The molecule has 0 aliphatic carbocycles. The molecule has 0 N–H and O–H groups in total. The lowest BCUT2D eigenvalue weighted by atomic mass is 9.89. The van der Waals surface area contributed by atoms with Crippen molar-refractivity contribution in [2.45, 2.75) is 96.3 Å². The first-order chi connectivity index (χ1) is 31.4. The summed E-state index contributed by atoms with van der Waals surface area (Å²) in [5, 5.41) is 0. The summed E-state index contributed by atoms with van der Waals surface area (Å²) in [6.45, 7) is -5.94. The molecule has 0 bridgehead atoms. The first-order valence-corrected chi connectivity index (χ1v) is 16.8. The topological polar surface area (TPSA) is 18.5 Å². The number of allylic oxidation sites excluding steroid dienone is 2. The summed E-state index contributed by atoms with van der Waals surface area (Å²) in [5.41, 5.74) is -6.90. The second kappa shape index (κ2) is 18.5. The van der Waals surface area contributed by atoms with Crippen molar-refractivity contribution in [2.24, 2.45) is 0 Å². The summed E-state index contributed by atoms with van der Waals surface area (Å²) in [5.74, 6) is -135. The summed E-state index contributed by atoms with van der Waals surface area (Å²) in [6, 6.07) is 0. The number of ether oxygens (including phenoxy) is 2. The first kappa shape index (κ1) is 63.2. The molecule has 416 valence electrons. The van der Waals surface area contributed by atoms with Crippen molar-refractivity contribution in [3.63, 3.8) is 0 Å². The van der Waals surface area contributed by atoms with Gasteiger partial charge in [-0.15, -0.1) is 0 Å². The Morgan fingerprint density at radius 2 is 0.458 bits per heavy atom. The largest absolute Gasteiger partial charge is 0.487 e. The Hall–Kier alpha value is -4.88. The van der Waals surface area contributed by atoms with Crippen molar-refractivity contribution in [3.05, 3.63) is 69.8 Å². The third kappa shape index (κ3) is 9.70. The highest BCUT2D eigenvalue weighted by Gasteiger charge is 2.91. The summed E-state index contributed by atoms with van der Waals surface area (Å²) in [7, 11) is 0. The van der Waals surface area contributed by atoms with Gasteiger partial charge in [-0.1, -0.05) is 0 Å². The average molecular weight is 1150 g/mol. The molecule has 0 aliphatic heterocycles. The van der Waals surface area contributed by atoms with Crippen molar-refractivity contribution < 1.29 is 176 Å². The lowest BCUT2D eigenvalue weighted by Gasteiger charge is -2.41. The van der Waals surface area contributed by atoms with Crippen LogP contribution in [0.15, 0.2) is 12.2 Å². The Kier molecular flexibility index (Phi) is 16.2. The van der Waals surface area contributed by atoms with Gasteiger partial charge in [0.15, 0.2) is 34.8 Å². The van der Waals surface area contributed by atoms with Crippen LogP contribution < -0.4 is 9.47 Å². The third-order valence-corrected chi connectivity index (χ3v) is 8.96. The van der Waals surface area contributed by atoms with Crippen LogP contribution >= 0.6 is 0 Å². The van der Waals surface area contributed by atoms with E-state index in [-0.39, 0.29) is 0 Å². The number of halogens is 38. The van der Waals surface area contributed by atoms with Crippen LogP contribution in [0, 0.1) is 46.5 Å². The number of hydrogen-bond donors (Lipinski definition) is 0. The van der Waals surface area contributed by atoms with Gasteiger partial charge in [-0.25, -0.2) is 17.6 Å². The predicted octanol–water partition coefficient (Wildman–Crippen LogP) is 15.3. The molecule has 0 heterocycles. The lowest BCUT2D eigenvalue weighted by Crippen LogP contribution is -2.71. The van der Waals surface area contributed by atoms with Crippen LogP contribution in [0.25, 0.3) is 0 Å². The van der Waals surface area contributed by atoms with E-state index in [1.54, 1.807) is 0 Å². The monoisotopic (exact) mass is 1150 g/mol. The van der Waals surface area contributed by atoms with Crippen LogP contribution in [0.1, 0.15) is 24.0 Å². The number of alkyl halides is 30. The Morgan fingerprint density at radius 3 is 0.653 bits per heavy atom. The van der Waals surface area contributed by atoms with Gasteiger partial charge in [-0.05, 0) is 12.2 Å². The van der Waals surface area contributed by atoms with E-state index in [9.17, 15) is 167 Å². The Balaban J connectivity index is 2.48. The maximum atomic E-state index is 14.2. The molecule has 0 saturated carbocycles. The molecule has 0 aromatic heterocycles. The average Bonchev–Trinajstić information content (AvgIpc) is 3.19. The van der Waals surface area contributed by atoms with Gasteiger partial charge in [0.25, 0.3) is 0 Å². The Labute approximate surface area is 368 Å². The normalized spacial score (nSPS) is 15.2. The minimum absolute atomic E-state index is 2.97. The zero-order valence-corrected chi connectivity index (χ0v) is 32.2. The second-order valence-corrected chi connectivity index (χ2v) is 13.7. The van der Waals surface area contributed by atoms with E-state index >= 15 is 0 Å². The van der Waals surface area contributed by atoms with Crippen molar-refractivity contribution in [2.75, 3.05) is 13.2 Å². The van der Waals surface area contributed by atoms with E-state index in [0.29, 0.717) is 0 Å². The first-order valence-electron chi connectivity index (χ1n) is 16.8. The van der Waals surface area contributed by atoms with Crippen LogP contribution in [-0.2, 0) is 12.4 Å². The minimum atomic E-state index is -9.04. The highest BCUT2D eigenvalue weighted by Crippen LogP contribution is 2.63. The number of benzene rings is 2. The molecule has 72 heavy (non-hydrogen) atoms. The molecule has 0 saturated heterocycles. The molecule has 0 radical (unpaired) electrons. The molecule has 0 spiro atoms. The molecular weight excluding hydrogens is 1140 g/mol. The third-order valence-electron chi connectivity index (χ3n) is 8.96. The highest BCUT2D eigenvalue weighted by molar-refractivity contribution is 5.37. The molecule has 2 aromatic rings. The molecule has 0 fully saturated rings. The predicted molar refractivity (Wildman–Crippen MR) is 151 cm³/mol. The SMILES string of the molecule is Fc1c(F)c(C(F)(F)F)c(F)c(F)c1OCCC(F)(F)C(F)(F)C(F)(F)C(F)(F)C(F)(F)C(F)(F)/C=C/C(F)(F)C(F)(F)C(F)(F)C(F)(F)C(F)(F)C(F)(F)CCOc1c(F)c(F)c(C(F)(F)F)c(F)c1F. The summed E-state index contributed by atoms with van der Waals surface area (Å²) in [4.78, 5) is 0. The van der Waals surface area contributed by atoms with Crippen LogP contribution in [0.4, 0.5) is 167 Å². The summed E-state index contributed by atoms with van der Waals surface area (Å²) >= 11 is 0. The molecule has 40 heteroatoms. The van der Waals surface area contributed by atoms with Crippen LogP contribution in [0.3, 0.4) is 0 Å². The van der Waals surface area contributed by atoms with Crippen LogP contribution in [-0.4, -0.2) is 84.3 Å². The highest BCUT2D eigenvalue weighted by atomic mass is 19.4. The van der Waals surface area contributed by atoms with Crippen LogP contribution in [0.2, 0.25) is 0 Å². The fraction of sp³-hybridized carbons (Fsp3) is 0.562. The van der Waals surface area contributed by atoms with E-state index in [0.717, 1.165) is 0 Å². The second-order valence-electron chi connectivity index (χ2n) is 13.7.